The molecule has 238 valence electrons. The molecule has 2 aromatic rings. The molecule has 1 aliphatic carbocycles. The zero-order valence-electron chi connectivity index (χ0n) is 25.8. The molecule has 1 saturated carbocycles. The Balaban J connectivity index is 0.866. The number of likely N-dealkylation sites (tertiary alicyclic amines) is 2. The summed E-state index contributed by atoms with van der Waals surface area (Å²) in [6.07, 6.45) is 11.1. The van der Waals surface area contributed by atoms with Gasteiger partial charge >= 0.3 is 18.3 Å². The van der Waals surface area contributed by atoms with Gasteiger partial charge in [-0.2, -0.15) is 0 Å². The first-order valence-electron chi connectivity index (χ1n) is 16.5. The van der Waals surface area contributed by atoms with Crippen LogP contribution in [0.15, 0.2) is 54.6 Å². The fourth-order valence-electron chi connectivity index (χ4n) is 6.67. The third-order valence-corrected chi connectivity index (χ3v) is 9.45. The van der Waals surface area contributed by atoms with Crippen LogP contribution in [-0.2, 0) is 9.47 Å². The van der Waals surface area contributed by atoms with Crippen molar-refractivity contribution in [2.45, 2.75) is 83.2 Å². The number of carbonyl (C=O) groups excluding carboxylic acids is 3. The monoisotopic (exact) mass is 605 g/mol. The molecule has 0 atom stereocenters. The van der Waals surface area contributed by atoms with E-state index in [9.17, 15) is 14.4 Å². The van der Waals surface area contributed by atoms with Crippen molar-refractivity contribution < 1.29 is 28.6 Å². The standard InChI is InChI=1S/C35H47N3O6/c39-32(36-22-8-1-2-9-27-42-33(40)38-25-20-35(21-26-38)18-6-7-19-35)43-31-16-23-37(24-17-31)34(41)44-30-14-12-29(13-15-30)28-10-4-3-5-11-28/h3-5,10-15,31H,1-2,6-9,16-27H2,(H,36,39). The second-order valence-electron chi connectivity index (χ2n) is 12.5. The number of ether oxygens (including phenoxy) is 3. The molecule has 0 unspecified atom stereocenters. The van der Waals surface area contributed by atoms with Crippen LogP contribution in [0.25, 0.3) is 11.1 Å². The minimum atomic E-state index is -0.417. The number of amides is 3. The number of nitrogens with one attached hydrogen (secondary N) is 1. The van der Waals surface area contributed by atoms with Crippen molar-refractivity contribution in [2.24, 2.45) is 5.41 Å². The third kappa shape index (κ3) is 9.13. The summed E-state index contributed by atoms with van der Waals surface area (Å²) in [5.74, 6) is 0.503. The number of unbranched alkanes of at least 4 members (excludes halogenated alkanes) is 3. The number of nitrogens with zero attached hydrogens (tertiary/aromatic N) is 2. The van der Waals surface area contributed by atoms with E-state index in [1.165, 1.54) is 25.7 Å². The van der Waals surface area contributed by atoms with Crippen molar-refractivity contribution in [1.29, 1.82) is 0 Å². The van der Waals surface area contributed by atoms with Gasteiger partial charge in [-0.1, -0.05) is 61.7 Å². The summed E-state index contributed by atoms with van der Waals surface area (Å²) in [5.41, 5.74) is 2.67. The quantitative estimate of drug-likeness (QED) is 0.284. The lowest BCUT2D eigenvalue weighted by atomic mass is 9.77. The van der Waals surface area contributed by atoms with Crippen molar-refractivity contribution in [3.8, 4) is 16.9 Å². The smallest absolute Gasteiger partial charge is 0.415 e. The van der Waals surface area contributed by atoms with Crippen LogP contribution in [0, 0.1) is 5.41 Å². The molecular weight excluding hydrogens is 558 g/mol. The Hall–Kier alpha value is -3.75. The molecule has 9 heteroatoms. The summed E-state index contributed by atoms with van der Waals surface area (Å²) in [7, 11) is 0. The Morgan fingerprint density at radius 1 is 0.727 bits per heavy atom. The molecule has 44 heavy (non-hydrogen) atoms. The molecule has 0 radical (unpaired) electrons. The maximum Gasteiger partial charge on any atom is 0.415 e. The van der Waals surface area contributed by atoms with E-state index in [2.05, 4.69) is 5.32 Å². The molecular formula is C35H47N3O6. The highest BCUT2D eigenvalue weighted by atomic mass is 16.6. The molecule has 5 rings (SSSR count). The third-order valence-electron chi connectivity index (χ3n) is 9.45. The van der Waals surface area contributed by atoms with Gasteiger partial charge in [0, 0.05) is 45.6 Å². The largest absolute Gasteiger partial charge is 0.449 e. The van der Waals surface area contributed by atoms with E-state index in [1.54, 1.807) is 17.0 Å². The van der Waals surface area contributed by atoms with Gasteiger partial charge in [-0.3, -0.25) is 0 Å². The van der Waals surface area contributed by atoms with Crippen molar-refractivity contribution in [3.63, 3.8) is 0 Å². The Kier molecular flexibility index (Phi) is 11.4. The normalized spacial score (nSPS) is 18.2. The summed E-state index contributed by atoms with van der Waals surface area (Å²) in [5, 5.41) is 2.83. The van der Waals surface area contributed by atoms with Gasteiger partial charge in [-0.25, -0.2) is 14.4 Å². The topological polar surface area (TPSA) is 97.4 Å². The lowest BCUT2D eigenvalue weighted by Gasteiger charge is -2.38. The van der Waals surface area contributed by atoms with Gasteiger partial charge < -0.3 is 29.3 Å². The van der Waals surface area contributed by atoms with Gasteiger partial charge in [0.25, 0.3) is 0 Å². The van der Waals surface area contributed by atoms with Crippen molar-refractivity contribution in [3.05, 3.63) is 54.6 Å². The summed E-state index contributed by atoms with van der Waals surface area (Å²) in [4.78, 5) is 40.8. The van der Waals surface area contributed by atoms with Crippen LogP contribution in [0.5, 0.6) is 5.75 Å². The maximum atomic E-state index is 12.6. The van der Waals surface area contributed by atoms with Gasteiger partial charge in [0.15, 0.2) is 0 Å². The zero-order chi connectivity index (χ0) is 30.6. The predicted octanol–water partition coefficient (Wildman–Crippen LogP) is 7.40. The van der Waals surface area contributed by atoms with Gasteiger partial charge in [-0.15, -0.1) is 0 Å². The SMILES string of the molecule is O=C(NCCCCCCOC(=O)N1CCC2(CCCC2)CC1)OC1CCN(C(=O)Oc2ccc(-c3ccccc3)cc2)CC1. The Bertz CT molecular complexity index is 1200. The van der Waals surface area contributed by atoms with Crippen molar-refractivity contribution in [2.75, 3.05) is 39.3 Å². The lowest BCUT2D eigenvalue weighted by molar-refractivity contribution is 0.0523. The predicted molar refractivity (Wildman–Crippen MR) is 169 cm³/mol. The van der Waals surface area contributed by atoms with Crippen molar-refractivity contribution >= 4 is 18.3 Å². The number of piperidine rings is 2. The number of hydrogen-bond donors (Lipinski definition) is 1. The van der Waals surface area contributed by atoms with E-state index >= 15 is 0 Å². The van der Waals surface area contributed by atoms with Crippen LogP contribution in [-0.4, -0.2) is 73.5 Å². The molecule has 1 N–H and O–H groups in total. The molecule has 1 spiro atoms. The summed E-state index contributed by atoms with van der Waals surface area (Å²) in [6, 6.07) is 17.5. The van der Waals surface area contributed by atoms with Gasteiger partial charge in [0.2, 0.25) is 0 Å². The summed E-state index contributed by atoms with van der Waals surface area (Å²) >= 11 is 0. The Morgan fingerprint density at radius 2 is 1.36 bits per heavy atom. The summed E-state index contributed by atoms with van der Waals surface area (Å²) < 4.78 is 16.6. The fourth-order valence-corrected chi connectivity index (χ4v) is 6.67. The first-order chi connectivity index (χ1) is 21.5. The van der Waals surface area contributed by atoms with Crippen LogP contribution in [0.1, 0.15) is 77.0 Å². The lowest BCUT2D eigenvalue weighted by Crippen LogP contribution is -2.43. The average molecular weight is 606 g/mol. The number of hydrogen-bond acceptors (Lipinski definition) is 6. The van der Waals surface area contributed by atoms with Crippen LogP contribution in [0.4, 0.5) is 14.4 Å². The molecule has 9 nitrogen and oxygen atoms in total. The molecule has 3 aliphatic rings. The van der Waals surface area contributed by atoms with Gasteiger partial charge in [0.1, 0.15) is 11.9 Å². The number of carbonyl (C=O) groups is 3. The molecule has 2 saturated heterocycles. The Morgan fingerprint density at radius 3 is 2.07 bits per heavy atom. The van der Waals surface area contributed by atoms with Crippen LogP contribution in [0.2, 0.25) is 0 Å². The highest BCUT2D eigenvalue weighted by Gasteiger charge is 2.38. The molecule has 0 aromatic heterocycles. The van der Waals surface area contributed by atoms with Crippen molar-refractivity contribution in [1.82, 2.24) is 15.1 Å². The maximum absolute atomic E-state index is 12.6. The number of alkyl carbamates (subject to hydrolysis) is 1. The van der Waals surface area contributed by atoms with Crippen LogP contribution >= 0.6 is 0 Å². The first-order valence-corrected chi connectivity index (χ1v) is 16.5. The molecule has 3 fully saturated rings. The first kappa shape index (κ1) is 31.7. The molecule has 3 amide bonds. The van der Waals surface area contributed by atoms with E-state index < -0.39 is 6.09 Å². The molecule has 2 aromatic carbocycles. The highest BCUT2D eigenvalue weighted by Crippen LogP contribution is 2.46. The minimum Gasteiger partial charge on any atom is -0.449 e. The molecule has 0 bridgehead atoms. The number of benzene rings is 2. The van der Waals surface area contributed by atoms with Crippen LogP contribution in [0.3, 0.4) is 0 Å². The van der Waals surface area contributed by atoms with Gasteiger partial charge in [-0.05, 0) is 73.6 Å². The van der Waals surface area contributed by atoms with E-state index in [0.29, 0.717) is 50.2 Å². The highest BCUT2D eigenvalue weighted by molar-refractivity contribution is 5.72. The van der Waals surface area contributed by atoms with E-state index in [4.69, 9.17) is 14.2 Å². The number of rotatable bonds is 10. The molecule has 2 aliphatic heterocycles. The van der Waals surface area contributed by atoms with Gasteiger partial charge in [0.05, 0.1) is 6.61 Å². The summed E-state index contributed by atoms with van der Waals surface area (Å²) in [6.45, 7) is 3.60. The van der Waals surface area contributed by atoms with E-state index in [0.717, 1.165) is 62.7 Å². The van der Waals surface area contributed by atoms with Crippen LogP contribution < -0.4 is 10.1 Å². The molecule has 2 heterocycles. The second-order valence-corrected chi connectivity index (χ2v) is 12.5. The average Bonchev–Trinajstić information content (AvgIpc) is 3.51. The Labute approximate surface area is 261 Å². The van der Waals surface area contributed by atoms with E-state index in [1.807, 2.05) is 47.4 Å². The second kappa shape index (κ2) is 15.8. The minimum absolute atomic E-state index is 0.168. The fraction of sp³-hybridized carbons (Fsp3) is 0.571. The van der Waals surface area contributed by atoms with E-state index in [-0.39, 0.29) is 18.3 Å². The zero-order valence-corrected chi connectivity index (χ0v) is 25.8.